The van der Waals surface area contributed by atoms with Crippen molar-refractivity contribution in [2.45, 2.75) is 19.4 Å². The predicted molar refractivity (Wildman–Crippen MR) is 77.9 cm³/mol. The summed E-state index contributed by atoms with van der Waals surface area (Å²) in [6.07, 6.45) is 0.465. The van der Waals surface area contributed by atoms with E-state index in [2.05, 4.69) is 15.3 Å². The lowest BCUT2D eigenvalue weighted by atomic mass is 10.1. The first-order chi connectivity index (χ1) is 9.35. The monoisotopic (exact) mass is 298 g/mol. The number of primary sulfonamides is 1. The molecule has 2 rings (SSSR count). The van der Waals surface area contributed by atoms with Gasteiger partial charge in [0.25, 0.3) is 0 Å². The molecule has 110 valence electrons. The highest BCUT2D eigenvalue weighted by Crippen LogP contribution is 2.16. The maximum Gasteiger partial charge on any atom is 0.323 e. The van der Waals surface area contributed by atoms with E-state index in [1.54, 1.807) is 0 Å². The van der Waals surface area contributed by atoms with E-state index in [0.717, 1.165) is 16.6 Å². The van der Waals surface area contributed by atoms with Gasteiger partial charge in [0, 0.05) is 6.04 Å². The average Bonchev–Trinajstić information content (AvgIpc) is 2.72. The molecule has 0 bridgehead atoms. The summed E-state index contributed by atoms with van der Waals surface area (Å²) in [6.45, 7) is 2.53. The van der Waals surface area contributed by atoms with E-state index in [1.165, 1.54) is 0 Å². The van der Waals surface area contributed by atoms with Gasteiger partial charge in [-0.3, -0.25) is 0 Å². The van der Waals surface area contributed by atoms with Gasteiger partial charge in [-0.1, -0.05) is 6.07 Å². The van der Waals surface area contributed by atoms with Crippen molar-refractivity contribution >= 4 is 21.1 Å². The largest absolute Gasteiger partial charge is 0.323 e. The molecule has 0 saturated heterocycles. The Morgan fingerprint density at radius 2 is 2.00 bits per heavy atom. The number of H-pyrrole nitrogens is 2. The number of hydrogen-bond acceptors (Lipinski definition) is 4. The summed E-state index contributed by atoms with van der Waals surface area (Å²) in [7, 11) is -3.40. The van der Waals surface area contributed by atoms with Crippen molar-refractivity contribution in [2.75, 3.05) is 12.3 Å². The third kappa shape index (κ3) is 3.92. The molecule has 0 spiro atoms. The van der Waals surface area contributed by atoms with Crippen molar-refractivity contribution in [1.29, 1.82) is 0 Å². The van der Waals surface area contributed by atoms with Gasteiger partial charge in [0.15, 0.2) is 0 Å². The zero-order valence-corrected chi connectivity index (χ0v) is 12.0. The molecule has 0 aliphatic rings. The minimum atomic E-state index is -3.40. The van der Waals surface area contributed by atoms with Crippen molar-refractivity contribution in [3.8, 4) is 0 Å². The number of fused-ring (bicyclic) bond motifs is 1. The molecule has 5 N–H and O–H groups in total. The lowest BCUT2D eigenvalue weighted by molar-refractivity contribution is 0.561. The highest BCUT2D eigenvalue weighted by atomic mass is 32.2. The average molecular weight is 298 g/mol. The van der Waals surface area contributed by atoms with E-state index >= 15 is 0 Å². The first kappa shape index (κ1) is 14.8. The van der Waals surface area contributed by atoms with Crippen LogP contribution in [0, 0.1) is 0 Å². The first-order valence-electron chi connectivity index (χ1n) is 6.31. The van der Waals surface area contributed by atoms with Crippen LogP contribution >= 0.6 is 0 Å². The van der Waals surface area contributed by atoms with Gasteiger partial charge in [-0.25, -0.2) is 18.4 Å². The summed E-state index contributed by atoms with van der Waals surface area (Å²) < 4.78 is 21.6. The third-order valence-corrected chi connectivity index (χ3v) is 3.95. The number of imidazole rings is 1. The molecule has 1 aromatic carbocycles. The van der Waals surface area contributed by atoms with Gasteiger partial charge in [-0.15, -0.1) is 0 Å². The number of nitrogens with one attached hydrogen (secondary N) is 3. The Bertz CT molecular complexity index is 747. The second-order valence-corrected chi connectivity index (χ2v) is 6.51. The molecule has 7 nitrogen and oxygen atoms in total. The van der Waals surface area contributed by atoms with Gasteiger partial charge in [-0.05, 0) is 37.6 Å². The van der Waals surface area contributed by atoms with Crippen LogP contribution in [0.25, 0.3) is 11.0 Å². The molecule has 0 fully saturated rings. The summed E-state index contributed by atoms with van der Waals surface area (Å²) in [6, 6.07) is 5.71. The fourth-order valence-electron chi connectivity index (χ4n) is 2.03. The van der Waals surface area contributed by atoms with Gasteiger partial charge in [0.1, 0.15) is 0 Å². The van der Waals surface area contributed by atoms with E-state index in [1.807, 2.05) is 25.1 Å². The summed E-state index contributed by atoms with van der Waals surface area (Å²) >= 11 is 0. The van der Waals surface area contributed by atoms with E-state index in [4.69, 9.17) is 5.14 Å². The normalized spacial score (nSPS) is 13.7. The second-order valence-electron chi connectivity index (χ2n) is 4.78. The molecule has 0 saturated carbocycles. The Morgan fingerprint density at radius 1 is 1.30 bits per heavy atom. The van der Waals surface area contributed by atoms with Crippen LogP contribution in [0.5, 0.6) is 0 Å². The molecule has 2 aromatic rings. The van der Waals surface area contributed by atoms with Gasteiger partial charge in [0.2, 0.25) is 10.0 Å². The third-order valence-electron chi connectivity index (χ3n) is 3.10. The van der Waals surface area contributed by atoms with Crippen molar-refractivity contribution in [2.24, 2.45) is 5.14 Å². The molecular weight excluding hydrogens is 280 g/mol. The van der Waals surface area contributed by atoms with Gasteiger partial charge >= 0.3 is 5.69 Å². The van der Waals surface area contributed by atoms with Crippen molar-refractivity contribution in [3.05, 3.63) is 34.2 Å². The lowest BCUT2D eigenvalue weighted by Gasteiger charge is -2.14. The molecule has 20 heavy (non-hydrogen) atoms. The minimum Gasteiger partial charge on any atom is -0.310 e. The molecule has 0 aliphatic carbocycles. The Morgan fingerprint density at radius 3 is 2.70 bits per heavy atom. The van der Waals surface area contributed by atoms with Crippen LogP contribution in [0.1, 0.15) is 24.9 Å². The summed E-state index contributed by atoms with van der Waals surface area (Å²) in [5.74, 6) is -0.0309. The van der Waals surface area contributed by atoms with Gasteiger partial charge < -0.3 is 15.3 Å². The Labute approximate surface area is 116 Å². The van der Waals surface area contributed by atoms with E-state index in [0.29, 0.717) is 13.0 Å². The van der Waals surface area contributed by atoms with Crippen molar-refractivity contribution in [3.63, 3.8) is 0 Å². The maximum atomic E-state index is 11.2. The topological polar surface area (TPSA) is 121 Å². The number of rotatable bonds is 6. The minimum absolute atomic E-state index is 0.0309. The molecule has 1 aromatic heterocycles. The van der Waals surface area contributed by atoms with Crippen LogP contribution < -0.4 is 16.1 Å². The highest BCUT2D eigenvalue weighted by Gasteiger charge is 2.08. The van der Waals surface area contributed by atoms with E-state index < -0.39 is 10.0 Å². The quantitative estimate of drug-likeness (QED) is 0.569. The molecular formula is C12H18N4O3S. The summed E-state index contributed by atoms with van der Waals surface area (Å²) in [5, 5.41) is 8.16. The Balaban J connectivity index is 1.96. The number of nitrogens with two attached hydrogens (primary N) is 1. The summed E-state index contributed by atoms with van der Waals surface area (Å²) in [4.78, 5) is 16.6. The zero-order valence-electron chi connectivity index (χ0n) is 11.1. The maximum absolute atomic E-state index is 11.2. The smallest absolute Gasteiger partial charge is 0.310 e. The molecule has 1 unspecified atom stereocenters. The molecule has 1 atom stereocenters. The zero-order chi connectivity index (χ0) is 14.8. The molecule has 0 amide bonds. The van der Waals surface area contributed by atoms with Crippen LogP contribution in [0.3, 0.4) is 0 Å². The Hall–Kier alpha value is -1.64. The second kappa shape index (κ2) is 5.78. The van der Waals surface area contributed by atoms with Crippen LogP contribution in [0.15, 0.2) is 23.0 Å². The van der Waals surface area contributed by atoms with E-state index in [9.17, 15) is 13.2 Å². The fraction of sp³-hybridized carbons (Fsp3) is 0.417. The van der Waals surface area contributed by atoms with E-state index in [-0.39, 0.29) is 17.5 Å². The summed E-state index contributed by atoms with van der Waals surface area (Å²) in [5.41, 5.74) is 2.31. The highest BCUT2D eigenvalue weighted by molar-refractivity contribution is 7.89. The number of sulfonamides is 1. The van der Waals surface area contributed by atoms with Gasteiger partial charge in [-0.2, -0.15) is 0 Å². The number of benzene rings is 1. The number of aromatic nitrogens is 2. The molecule has 8 heteroatoms. The SMILES string of the molecule is CC(NCCCS(N)(=O)=O)c1ccc2[nH]c(=O)[nH]c2c1. The standard InChI is InChI=1S/C12H18N4O3S/c1-8(14-5-2-6-20(13,18)19)9-3-4-10-11(7-9)16-12(17)15-10/h3-4,7-8,14H,2,5-6H2,1H3,(H2,13,18,19)(H2,15,16,17). The predicted octanol–water partition coefficient (Wildman–Crippen LogP) is 0.185. The number of aromatic amines is 2. The molecule has 0 radical (unpaired) electrons. The van der Waals surface area contributed by atoms with Crippen molar-refractivity contribution < 1.29 is 8.42 Å². The number of hydrogen-bond donors (Lipinski definition) is 4. The van der Waals surface area contributed by atoms with Crippen molar-refractivity contribution in [1.82, 2.24) is 15.3 Å². The van der Waals surface area contributed by atoms with Crippen LogP contribution in [0.2, 0.25) is 0 Å². The molecule has 0 aliphatic heterocycles. The van der Waals surface area contributed by atoms with Crippen LogP contribution in [-0.4, -0.2) is 30.7 Å². The molecule has 1 heterocycles. The van der Waals surface area contributed by atoms with Crippen LogP contribution in [-0.2, 0) is 10.0 Å². The first-order valence-corrected chi connectivity index (χ1v) is 8.02. The lowest BCUT2D eigenvalue weighted by Crippen LogP contribution is -2.24. The van der Waals surface area contributed by atoms with Gasteiger partial charge in [0.05, 0.1) is 16.8 Å². The Kier molecular flexibility index (Phi) is 4.26. The van der Waals surface area contributed by atoms with Crippen LogP contribution in [0.4, 0.5) is 0 Å². The fourth-order valence-corrected chi connectivity index (χ4v) is 2.58.